The third-order valence-corrected chi connectivity index (χ3v) is 6.98. The maximum atomic E-state index is 14.0. The molecule has 0 spiro atoms. The number of thioether (sulfide) groups is 1. The Morgan fingerprint density at radius 2 is 2.18 bits per heavy atom. The highest BCUT2D eigenvalue weighted by Crippen LogP contribution is 2.27. The molecule has 3 rings (SSSR count). The molecule has 14 heteroatoms. The van der Waals surface area contributed by atoms with E-state index in [0.29, 0.717) is 6.54 Å². The minimum Gasteiger partial charge on any atom is -0.472 e. The summed E-state index contributed by atoms with van der Waals surface area (Å²) in [4.78, 5) is 8.27. The SMILES string of the molecule is C[C@@H](Oc1cc(NS(=O)(=O)C2CNCCO2)nc(SCc2cccc(F)c2F)n1)[C@H](O)CO. The second-order valence-electron chi connectivity index (χ2n) is 7.10. The van der Waals surface area contributed by atoms with Crippen molar-refractivity contribution in [3.05, 3.63) is 41.5 Å². The molecular formula is C19H24F2N4O6S2. The van der Waals surface area contributed by atoms with Crippen molar-refractivity contribution in [3.8, 4) is 5.88 Å². The molecule has 1 aliphatic rings. The molecule has 33 heavy (non-hydrogen) atoms. The third-order valence-electron chi connectivity index (χ3n) is 4.59. The predicted octanol–water partition coefficient (Wildman–Crippen LogP) is 0.855. The topological polar surface area (TPSA) is 143 Å². The molecule has 1 unspecified atom stereocenters. The predicted molar refractivity (Wildman–Crippen MR) is 116 cm³/mol. The van der Waals surface area contributed by atoms with Gasteiger partial charge in [-0.25, -0.2) is 22.2 Å². The molecule has 2 aromatic rings. The van der Waals surface area contributed by atoms with Crippen LogP contribution in [-0.4, -0.2) is 72.5 Å². The number of benzene rings is 1. The van der Waals surface area contributed by atoms with Gasteiger partial charge in [0.05, 0.1) is 13.2 Å². The largest absolute Gasteiger partial charge is 0.472 e. The number of hydrogen-bond acceptors (Lipinski definition) is 10. The molecule has 1 saturated heterocycles. The maximum Gasteiger partial charge on any atom is 0.262 e. The summed E-state index contributed by atoms with van der Waals surface area (Å²) >= 11 is 0.928. The van der Waals surface area contributed by atoms with Crippen molar-refractivity contribution in [1.29, 1.82) is 0 Å². The Balaban J connectivity index is 1.84. The second-order valence-corrected chi connectivity index (χ2v) is 9.86. The summed E-state index contributed by atoms with van der Waals surface area (Å²) in [6.45, 7) is 1.77. The quantitative estimate of drug-likeness (QED) is 0.271. The van der Waals surface area contributed by atoms with Crippen molar-refractivity contribution in [2.24, 2.45) is 0 Å². The van der Waals surface area contributed by atoms with Gasteiger partial charge in [0.1, 0.15) is 18.0 Å². The first kappa shape index (κ1) is 25.5. The Kier molecular flexibility index (Phi) is 8.78. The van der Waals surface area contributed by atoms with E-state index in [1.54, 1.807) is 0 Å². The number of nitrogens with zero attached hydrogens (tertiary/aromatic N) is 2. The van der Waals surface area contributed by atoms with Gasteiger partial charge in [-0.15, -0.1) is 0 Å². The monoisotopic (exact) mass is 506 g/mol. The van der Waals surface area contributed by atoms with Crippen molar-refractivity contribution in [2.75, 3.05) is 31.0 Å². The van der Waals surface area contributed by atoms with Crippen molar-refractivity contribution in [2.45, 2.75) is 35.5 Å². The van der Waals surface area contributed by atoms with Gasteiger partial charge in [-0.3, -0.25) is 4.72 Å². The summed E-state index contributed by atoms with van der Waals surface area (Å²) in [7, 11) is -3.99. The van der Waals surface area contributed by atoms with E-state index < -0.39 is 45.9 Å². The van der Waals surface area contributed by atoms with Crippen LogP contribution in [0, 0.1) is 11.6 Å². The summed E-state index contributed by atoms with van der Waals surface area (Å²) in [5, 5.41) is 21.8. The van der Waals surface area contributed by atoms with E-state index in [9.17, 15) is 22.3 Å². The molecule has 10 nitrogen and oxygen atoms in total. The summed E-state index contributed by atoms with van der Waals surface area (Å²) in [5.41, 5.74) is -1.07. The molecule has 1 fully saturated rings. The van der Waals surface area contributed by atoms with Crippen LogP contribution in [0.15, 0.2) is 29.4 Å². The molecule has 1 aromatic carbocycles. The lowest BCUT2D eigenvalue weighted by Gasteiger charge is -2.24. The number of halogens is 2. The molecule has 2 heterocycles. The Morgan fingerprint density at radius 3 is 2.88 bits per heavy atom. The minimum atomic E-state index is -3.99. The highest BCUT2D eigenvalue weighted by molar-refractivity contribution is 7.98. The molecule has 4 N–H and O–H groups in total. The molecule has 1 aromatic heterocycles. The highest BCUT2D eigenvalue weighted by atomic mass is 32.2. The highest BCUT2D eigenvalue weighted by Gasteiger charge is 2.29. The van der Waals surface area contributed by atoms with Crippen LogP contribution in [-0.2, 0) is 20.5 Å². The number of aliphatic hydroxyl groups excluding tert-OH is 2. The van der Waals surface area contributed by atoms with Gasteiger partial charge in [0, 0.05) is 30.5 Å². The Labute approximate surface area is 193 Å². The summed E-state index contributed by atoms with van der Waals surface area (Å²) < 4.78 is 65.9. The van der Waals surface area contributed by atoms with E-state index in [0.717, 1.165) is 17.8 Å². The lowest BCUT2D eigenvalue weighted by Crippen LogP contribution is -2.45. The molecule has 1 aliphatic heterocycles. The molecule has 3 atom stereocenters. The number of ether oxygens (including phenoxy) is 2. The van der Waals surface area contributed by atoms with Crippen LogP contribution in [0.4, 0.5) is 14.6 Å². The van der Waals surface area contributed by atoms with Gasteiger partial charge in [-0.2, -0.15) is 4.98 Å². The van der Waals surface area contributed by atoms with E-state index in [2.05, 4.69) is 20.0 Å². The first-order valence-corrected chi connectivity index (χ1v) is 12.5. The normalized spacial score (nSPS) is 18.5. The average Bonchev–Trinajstić information content (AvgIpc) is 2.79. The molecule has 0 bridgehead atoms. The fourth-order valence-corrected chi connectivity index (χ4v) is 4.72. The molecule has 0 amide bonds. The van der Waals surface area contributed by atoms with Crippen molar-refractivity contribution >= 4 is 27.6 Å². The van der Waals surface area contributed by atoms with Crippen LogP contribution in [0.25, 0.3) is 0 Å². The van der Waals surface area contributed by atoms with Crippen LogP contribution in [0.5, 0.6) is 5.88 Å². The zero-order chi connectivity index (χ0) is 24.0. The number of anilines is 1. The van der Waals surface area contributed by atoms with E-state index in [1.807, 2.05) is 0 Å². The molecule has 0 aliphatic carbocycles. The standard InChI is InChI=1S/C19H24F2N4O6S2/c1-11(14(27)9-26)31-16-7-15(25-33(28,29)17-8-22-5-6-30-17)23-19(24-16)32-10-12-3-2-4-13(20)18(12)21/h2-4,7,11,14,17,22,26-27H,5-6,8-10H2,1H3,(H,23,24,25)/t11-,14-,17?/m1/s1. The lowest BCUT2D eigenvalue weighted by molar-refractivity contribution is 0.00599. The van der Waals surface area contributed by atoms with E-state index >= 15 is 0 Å². The van der Waals surface area contributed by atoms with Gasteiger partial charge in [-0.05, 0) is 13.0 Å². The molecule has 182 valence electrons. The molecule has 0 radical (unpaired) electrons. The van der Waals surface area contributed by atoms with Crippen LogP contribution in [0.3, 0.4) is 0 Å². The van der Waals surface area contributed by atoms with Crippen molar-refractivity contribution in [1.82, 2.24) is 15.3 Å². The lowest BCUT2D eigenvalue weighted by atomic mass is 10.2. The van der Waals surface area contributed by atoms with Gasteiger partial charge in [0.2, 0.25) is 5.88 Å². The van der Waals surface area contributed by atoms with Crippen molar-refractivity contribution < 1.29 is 36.9 Å². The second kappa shape index (κ2) is 11.4. The summed E-state index contributed by atoms with van der Waals surface area (Å²) in [6.07, 6.45) is -2.09. The maximum absolute atomic E-state index is 14.0. The first-order chi connectivity index (χ1) is 15.7. The smallest absolute Gasteiger partial charge is 0.262 e. The number of hydrogen-bond donors (Lipinski definition) is 4. The number of morpholine rings is 1. The fourth-order valence-electron chi connectivity index (χ4n) is 2.75. The van der Waals surface area contributed by atoms with Gasteiger partial charge >= 0.3 is 0 Å². The Hall–Kier alpha value is -2.10. The number of sulfonamides is 1. The van der Waals surface area contributed by atoms with Crippen LogP contribution >= 0.6 is 11.8 Å². The van der Waals surface area contributed by atoms with Crippen LogP contribution < -0.4 is 14.8 Å². The Morgan fingerprint density at radius 1 is 1.39 bits per heavy atom. The number of aromatic nitrogens is 2. The number of aliphatic hydroxyl groups is 2. The number of nitrogens with one attached hydrogen (secondary N) is 2. The zero-order valence-electron chi connectivity index (χ0n) is 17.6. The molecule has 0 saturated carbocycles. The van der Waals surface area contributed by atoms with Gasteiger partial charge < -0.3 is 25.0 Å². The van der Waals surface area contributed by atoms with Crippen LogP contribution in [0.2, 0.25) is 0 Å². The summed E-state index contributed by atoms with van der Waals surface area (Å²) in [6, 6.07) is 4.98. The minimum absolute atomic E-state index is 0.0160. The zero-order valence-corrected chi connectivity index (χ0v) is 19.2. The summed E-state index contributed by atoms with van der Waals surface area (Å²) in [5.74, 6) is -2.26. The van der Waals surface area contributed by atoms with Crippen molar-refractivity contribution in [3.63, 3.8) is 0 Å². The first-order valence-electron chi connectivity index (χ1n) is 9.94. The number of rotatable bonds is 10. The Bertz CT molecular complexity index is 1060. The molecular weight excluding hydrogens is 482 g/mol. The fraction of sp³-hybridized carbons (Fsp3) is 0.474. The van der Waals surface area contributed by atoms with E-state index in [-0.39, 0.29) is 41.3 Å². The van der Waals surface area contributed by atoms with Gasteiger partial charge in [0.25, 0.3) is 10.0 Å². The van der Waals surface area contributed by atoms with E-state index in [4.69, 9.17) is 14.6 Å². The van der Waals surface area contributed by atoms with Crippen LogP contribution in [0.1, 0.15) is 12.5 Å². The van der Waals surface area contributed by atoms with Gasteiger partial charge in [0.15, 0.2) is 22.2 Å². The third kappa shape index (κ3) is 6.94. The average molecular weight is 507 g/mol. The van der Waals surface area contributed by atoms with Gasteiger partial charge in [-0.1, -0.05) is 23.9 Å². The van der Waals surface area contributed by atoms with E-state index in [1.165, 1.54) is 25.1 Å².